The van der Waals surface area contributed by atoms with E-state index in [1.54, 1.807) is 4.57 Å². The summed E-state index contributed by atoms with van der Waals surface area (Å²) in [5, 5.41) is 9.79. The molecule has 0 aromatic carbocycles. The van der Waals surface area contributed by atoms with Crippen molar-refractivity contribution in [1.82, 2.24) is 20.1 Å². The number of nitrogens with zero attached hydrogens (tertiary/aromatic N) is 2. The van der Waals surface area contributed by atoms with Gasteiger partial charge in [0.1, 0.15) is 0 Å². The fourth-order valence-electron chi connectivity index (χ4n) is 2.37. The Morgan fingerprint density at radius 3 is 3.12 bits per heavy atom. The number of carbonyl (C=O) groups excluding carboxylic acids is 1. The van der Waals surface area contributed by atoms with Crippen LogP contribution < -0.4 is 11.0 Å². The molecule has 8 nitrogen and oxygen atoms in total. The van der Waals surface area contributed by atoms with E-state index in [1.807, 2.05) is 13.8 Å². The monoisotopic (exact) mass is 358 g/mol. The molecule has 136 valence electrons. The van der Waals surface area contributed by atoms with E-state index in [0.29, 0.717) is 24.9 Å². The molecule has 24 heavy (non-hydrogen) atoms. The molecule has 9 heteroatoms. The third-order valence-electron chi connectivity index (χ3n) is 3.56. The van der Waals surface area contributed by atoms with Gasteiger partial charge >= 0.3 is 5.69 Å². The maximum Gasteiger partial charge on any atom is 0.344 e. The Balaban J connectivity index is 1.71. The van der Waals surface area contributed by atoms with Gasteiger partial charge in [-0.2, -0.15) is 0 Å². The van der Waals surface area contributed by atoms with Gasteiger partial charge in [-0.1, -0.05) is 11.8 Å². The summed E-state index contributed by atoms with van der Waals surface area (Å²) in [4.78, 5) is 23.7. The first-order valence-corrected chi connectivity index (χ1v) is 9.32. The van der Waals surface area contributed by atoms with E-state index in [0.717, 1.165) is 25.9 Å². The number of nitrogens with one attached hydrogen (secondary N) is 2. The summed E-state index contributed by atoms with van der Waals surface area (Å²) in [6.45, 7) is 6.39. The van der Waals surface area contributed by atoms with E-state index in [9.17, 15) is 9.59 Å². The quantitative estimate of drug-likeness (QED) is 0.474. The van der Waals surface area contributed by atoms with Crippen LogP contribution in [0.4, 0.5) is 0 Å². The zero-order chi connectivity index (χ0) is 17.4. The van der Waals surface area contributed by atoms with Gasteiger partial charge in [0, 0.05) is 19.8 Å². The summed E-state index contributed by atoms with van der Waals surface area (Å²) >= 11 is 1.25. The van der Waals surface area contributed by atoms with E-state index in [4.69, 9.17) is 9.47 Å². The summed E-state index contributed by atoms with van der Waals surface area (Å²) < 4.78 is 12.5. The lowest BCUT2D eigenvalue weighted by Crippen LogP contribution is -2.28. The largest absolute Gasteiger partial charge is 0.379 e. The van der Waals surface area contributed by atoms with Gasteiger partial charge in [-0.25, -0.2) is 9.89 Å². The highest BCUT2D eigenvalue weighted by molar-refractivity contribution is 7.99. The molecule has 1 unspecified atom stereocenters. The SMILES string of the molecule is CC(C)OCCCNC(=O)CSc1n[nH]c(=O)n1CC1CCCO1. The number of H-pyrrole nitrogens is 1. The molecule has 2 N–H and O–H groups in total. The summed E-state index contributed by atoms with van der Waals surface area (Å²) in [6.07, 6.45) is 3.00. The van der Waals surface area contributed by atoms with Crippen molar-refractivity contribution in [2.75, 3.05) is 25.5 Å². The number of rotatable bonds is 10. The number of aromatic amines is 1. The zero-order valence-corrected chi connectivity index (χ0v) is 15.1. The molecule has 0 spiro atoms. The standard InChI is InChI=1S/C15H26N4O4S/c1-11(2)22-8-4-6-16-13(20)10-24-15-18-17-14(21)19(15)9-12-5-3-7-23-12/h11-12H,3-10H2,1-2H3,(H,16,20)(H,17,21). The van der Waals surface area contributed by atoms with Gasteiger partial charge in [-0.05, 0) is 33.1 Å². The van der Waals surface area contributed by atoms with Crippen LogP contribution in [0.5, 0.6) is 0 Å². The molecule has 0 aliphatic carbocycles. The first-order valence-electron chi connectivity index (χ1n) is 8.34. The van der Waals surface area contributed by atoms with Crippen LogP contribution >= 0.6 is 11.8 Å². The molecule has 1 fully saturated rings. The van der Waals surface area contributed by atoms with Crippen molar-refractivity contribution in [1.29, 1.82) is 0 Å². The average molecular weight is 358 g/mol. The maximum atomic E-state index is 11.9. The third kappa shape index (κ3) is 6.29. The van der Waals surface area contributed by atoms with Crippen LogP contribution in [0.3, 0.4) is 0 Å². The molecule has 1 aliphatic heterocycles. The van der Waals surface area contributed by atoms with E-state index in [2.05, 4.69) is 15.5 Å². The first kappa shape index (κ1) is 19.0. The summed E-state index contributed by atoms with van der Waals surface area (Å²) in [6, 6.07) is 0. The van der Waals surface area contributed by atoms with Crippen molar-refractivity contribution in [2.45, 2.75) is 57.0 Å². The lowest BCUT2D eigenvalue weighted by molar-refractivity contribution is -0.118. The number of carbonyl (C=O) groups is 1. The summed E-state index contributed by atoms with van der Waals surface area (Å²) in [7, 11) is 0. The predicted octanol–water partition coefficient (Wildman–Crippen LogP) is 0.774. The van der Waals surface area contributed by atoms with Gasteiger partial charge < -0.3 is 14.8 Å². The lowest BCUT2D eigenvalue weighted by atomic mass is 10.2. The number of aromatic nitrogens is 3. The van der Waals surface area contributed by atoms with E-state index in [1.165, 1.54) is 11.8 Å². The Morgan fingerprint density at radius 1 is 1.58 bits per heavy atom. The second kappa shape index (κ2) is 9.85. The minimum absolute atomic E-state index is 0.0504. The van der Waals surface area contributed by atoms with Crippen molar-refractivity contribution in [3.05, 3.63) is 10.5 Å². The van der Waals surface area contributed by atoms with Crippen molar-refractivity contribution in [3.8, 4) is 0 Å². The van der Waals surface area contributed by atoms with Crippen LogP contribution in [0, 0.1) is 0 Å². The van der Waals surface area contributed by atoms with Crippen LogP contribution in [-0.4, -0.2) is 58.4 Å². The zero-order valence-electron chi connectivity index (χ0n) is 14.2. The minimum Gasteiger partial charge on any atom is -0.379 e. The molecule has 2 heterocycles. The summed E-state index contributed by atoms with van der Waals surface area (Å²) in [5.41, 5.74) is -0.265. The fraction of sp³-hybridized carbons (Fsp3) is 0.800. The Hall–Kier alpha value is -1.32. The van der Waals surface area contributed by atoms with Crippen molar-refractivity contribution >= 4 is 17.7 Å². The van der Waals surface area contributed by atoms with Crippen molar-refractivity contribution < 1.29 is 14.3 Å². The van der Waals surface area contributed by atoms with Crippen LogP contribution in [0.2, 0.25) is 0 Å². The normalized spacial score (nSPS) is 17.5. The van der Waals surface area contributed by atoms with Crippen molar-refractivity contribution in [3.63, 3.8) is 0 Å². The van der Waals surface area contributed by atoms with Crippen LogP contribution in [0.15, 0.2) is 9.95 Å². The molecule has 1 amide bonds. The van der Waals surface area contributed by atoms with Gasteiger partial charge in [0.15, 0.2) is 5.16 Å². The second-order valence-corrected chi connectivity index (χ2v) is 6.91. The highest BCUT2D eigenvalue weighted by Gasteiger charge is 2.20. The van der Waals surface area contributed by atoms with Gasteiger partial charge in [0.25, 0.3) is 0 Å². The number of amides is 1. The summed E-state index contributed by atoms with van der Waals surface area (Å²) in [5.74, 6) is 0.143. The Labute approximate surface area is 145 Å². The molecule has 1 aromatic heterocycles. The molecule has 2 rings (SSSR count). The van der Waals surface area contributed by atoms with Gasteiger partial charge in [-0.3, -0.25) is 9.36 Å². The molecule has 1 aromatic rings. The average Bonchev–Trinajstić information content (AvgIpc) is 3.16. The second-order valence-electron chi connectivity index (χ2n) is 5.97. The Morgan fingerprint density at radius 2 is 2.42 bits per heavy atom. The lowest BCUT2D eigenvalue weighted by Gasteiger charge is -2.11. The first-order chi connectivity index (χ1) is 11.6. The molecule has 1 saturated heterocycles. The predicted molar refractivity (Wildman–Crippen MR) is 91.3 cm³/mol. The topological polar surface area (TPSA) is 98.2 Å². The van der Waals surface area contributed by atoms with Crippen LogP contribution in [0.1, 0.15) is 33.1 Å². The number of hydrogen-bond acceptors (Lipinski definition) is 6. The molecule has 0 saturated carbocycles. The molecule has 0 bridgehead atoms. The van der Waals surface area contributed by atoms with E-state index >= 15 is 0 Å². The number of ether oxygens (including phenoxy) is 2. The molecule has 1 atom stereocenters. The molecular formula is C15H26N4O4S. The number of thioether (sulfide) groups is 1. The van der Waals surface area contributed by atoms with Crippen LogP contribution in [0.25, 0.3) is 0 Å². The fourth-order valence-corrected chi connectivity index (χ4v) is 3.15. The highest BCUT2D eigenvalue weighted by Crippen LogP contribution is 2.17. The smallest absolute Gasteiger partial charge is 0.344 e. The highest BCUT2D eigenvalue weighted by atomic mass is 32.2. The number of hydrogen-bond donors (Lipinski definition) is 2. The van der Waals surface area contributed by atoms with Gasteiger partial charge in [-0.15, -0.1) is 5.10 Å². The van der Waals surface area contributed by atoms with E-state index < -0.39 is 0 Å². The molecular weight excluding hydrogens is 332 g/mol. The van der Waals surface area contributed by atoms with Gasteiger partial charge in [0.05, 0.1) is 24.5 Å². The Bertz CT molecular complexity index is 566. The molecule has 0 radical (unpaired) electrons. The van der Waals surface area contributed by atoms with Crippen LogP contribution in [-0.2, 0) is 20.8 Å². The minimum atomic E-state index is -0.265. The van der Waals surface area contributed by atoms with Crippen molar-refractivity contribution in [2.24, 2.45) is 0 Å². The third-order valence-corrected chi connectivity index (χ3v) is 4.54. The molecule has 1 aliphatic rings. The van der Waals surface area contributed by atoms with E-state index in [-0.39, 0.29) is 29.6 Å². The Kier molecular flexibility index (Phi) is 7.80. The maximum absolute atomic E-state index is 11.9. The van der Waals surface area contributed by atoms with Gasteiger partial charge in [0.2, 0.25) is 5.91 Å².